The molecule has 4 heteroatoms. The fourth-order valence-corrected chi connectivity index (χ4v) is 2.14. The van der Waals surface area contributed by atoms with E-state index in [0.29, 0.717) is 13.1 Å². The smallest absolute Gasteiger partial charge is 0.318 e. The van der Waals surface area contributed by atoms with Crippen LogP contribution in [-0.4, -0.2) is 35.7 Å². The van der Waals surface area contributed by atoms with Crippen LogP contribution in [0.4, 0.5) is 4.79 Å². The zero-order chi connectivity index (χ0) is 11.5. The number of aliphatic hydroxyl groups excluding tert-OH is 1. The molecule has 2 amide bonds. The van der Waals surface area contributed by atoms with E-state index in [0.717, 1.165) is 5.56 Å². The van der Waals surface area contributed by atoms with Crippen molar-refractivity contribution in [3.05, 3.63) is 35.4 Å². The summed E-state index contributed by atoms with van der Waals surface area (Å²) in [6.07, 6.45) is 0. The Morgan fingerprint density at radius 1 is 1.50 bits per heavy atom. The van der Waals surface area contributed by atoms with Crippen molar-refractivity contribution >= 4 is 6.03 Å². The lowest BCUT2D eigenvalue weighted by Gasteiger charge is -2.23. The molecule has 2 N–H and O–H groups in total. The highest BCUT2D eigenvalue weighted by Gasteiger charge is 2.31. The van der Waals surface area contributed by atoms with Gasteiger partial charge < -0.3 is 15.3 Å². The number of benzene rings is 1. The van der Waals surface area contributed by atoms with Crippen LogP contribution in [0.3, 0.4) is 0 Å². The highest BCUT2D eigenvalue weighted by Crippen LogP contribution is 2.26. The fraction of sp³-hybridized carbons (Fsp3) is 0.417. The van der Waals surface area contributed by atoms with Crippen LogP contribution in [-0.2, 0) is 0 Å². The number of urea groups is 1. The van der Waals surface area contributed by atoms with Crippen molar-refractivity contribution in [1.29, 1.82) is 0 Å². The molecular formula is C12H16N2O2. The number of hydrogen-bond acceptors (Lipinski definition) is 2. The summed E-state index contributed by atoms with van der Waals surface area (Å²) < 4.78 is 0. The predicted molar refractivity (Wildman–Crippen MR) is 61.1 cm³/mol. The molecule has 0 aromatic heterocycles. The first-order valence-corrected chi connectivity index (χ1v) is 5.45. The van der Waals surface area contributed by atoms with Gasteiger partial charge in [0, 0.05) is 13.1 Å². The quantitative estimate of drug-likeness (QED) is 0.800. The van der Waals surface area contributed by atoms with Gasteiger partial charge in [0.15, 0.2) is 0 Å². The first kappa shape index (κ1) is 11.0. The topological polar surface area (TPSA) is 52.6 Å². The first-order valence-electron chi connectivity index (χ1n) is 5.45. The summed E-state index contributed by atoms with van der Waals surface area (Å²) in [5.41, 5.74) is 2.32. The summed E-state index contributed by atoms with van der Waals surface area (Å²) >= 11 is 0. The molecule has 16 heavy (non-hydrogen) atoms. The Morgan fingerprint density at radius 2 is 2.25 bits per heavy atom. The van der Waals surface area contributed by atoms with Crippen LogP contribution in [0.1, 0.15) is 17.2 Å². The zero-order valence-electron chi connectivity index (χ0n) is 9.31. The van der Waals surface area contributed by atoms with E-state index in [1.54, 1.807) is 4.90 Å². The lowest BCUT2D eigenvalue weighted by molar-refractivity contribution is 0.179. The number of carbonyl (C=O) groups excluding carboxylic acids is 1. The van der Waals surface area contributed by atoms with E-state index in [-0.39, 0.29) is 18.7 Å². The predicted octanol–water partition coefficient (Wildman–Crippen LogP) is 1.05. The van der Waals surface area contributed by atoms with Crippen molar-refractivity contribution in [1.82, 2.24) is 10.2 Å². The number of aryl methyl sites for hydroxylation is 1. The van der Waals surface area contributed by atoms with E-state index in [4.69, 9.17) is 5.11 Å². The Balaban J connectivity index is 2.27. The van der Waals surface area contributed by atoms with Crippen molar-refractivity contribution in [2.24, 2.45) is 0 Å². The Kier molecular flexibility index (Phi) is 3.10. The fourth-order valence-electron chi connectivity index (χ4n) is 2.14. The van der Waals surface area contributed by atoms with Crippen molar-refractivity contribution < 1.29 is 9.90 Å². The van der Waals surface area contributed by atoms with Crippen LogP contribution in [0, 0.1) is 6.92 Å². The van der Waals surface area contributed by atoms with Crippen LogP contribution in [0.25, 0.3) is 0 Å². The summed E-state index contributed by atoms with van der Waals surface area (Å²) in [6, 6.07) is 7.98. The summed E-state index contributed by atoms with van der Waals surface area (Å²) in [6.45, 7) is 3.03. The summed E-state index contributed by atoms with van der Waals surface area (Å²) in [5, 5.41) is 11.8. The van der Waals surface area contributed by atoms with E-state index in [2.05, 4.69) is 5.32 Å². The van der Waals surface area contributed by atoms with Crippen molar-refractivity contribution in [2.75, 3.05) is 19.7 Å². The molecule has 4 nitrogen and oxygen atoms in total. The normalized spacial score (nSPS) is 20.0. The molecule has 1 atom stereocenters. The number of nitrogens with zero attached hydrogens (tertiary/aromatic N) is 1. The lowest BCUT2D eigenvalue weighted by atomic mass is 10.0. The SMILES string of the molecule is Cc1ccccc1C1CNC(=O)N1CCO. The van der Waals surface area contributed by atoms with Crippen molar-refractivity contribution in [3.63, 3.8) is 0 Å². The molecule has 1 aromatic carbocycles. The third-order valence-electron chi connectivity index (χ3n) is 2.97. The molecule has 1 aliphatic rings. The Labute approximate surface area is 94.9 Å². The van der Waals surface area contributed by atoms with Crippen LogP contribution in [0.15, 0.2) is 24.3 Å². The Morgan fingerprint density at radius 3 is 2.94 bits per heavy atom. The lowest BCUT2D eigenvalue weighted by Crippen LogP contribution is -2.32. The van der Waals surface area contributed by atoms with E-state index >= 15 is 0 Å². The maximum absolute atomic E-state index is 11.6. The second kappa shape index (κ2) is 4.53. The van der Waals surface area contributed by atoms with Gasteiger partial charge in [0.1, 0.15) is 0 Å². The molecule has 1 heterocycles. The molecule has 0 bridgehead atoms. The molecule has 1 unspecified atom stereocenters. The largest absolute Gasteiger partial charge is 0.395 e. The van der Waals surface area contributed by atoms with E-state index in [1.165, 1.54) is 5.56 Å². The maximum Gasteiger partial charge on any atom is 0.318 e. The molecular weight excluding hydrogens is 204 g/mol. The van der Waals surface area contributed by atoms with Gasteiger partial charge in [-0.05, 0) is 18.1 Å². The standard InChI is InChI=1S/C12H16N2O2/c1-9-4-2-3-5-10(9)11-8-13-12(16)14(11)6-7-15/h2-5,11,15H,6-8H2,1H3,(H,13,16). The first-order chi connectivity index (χ1) is 7.74. The van der Waals surface area contributed by atoms with E-state index in [1.807, 2.05) is 31.2 Å². The summed E-state index contributed by atoms with van der Waals surface area (Å²) in [4.78, 5) is 13.2. The van der Waals surface area contributed by atoms with Gasteiger partial charge in [-0.2, -0.15) is 0 Å². The highest BCUT2D eigenvalue weighted by atomic mass is 16.3. The molecule has 0 radical (unpaired) electrons. The van der Waals surface area contributed by atoms with Crippen molar-refractivity contribution in [3.8, 4) is 0 Å². The number of rotatable bonds is 3. The third kappa shape index (κ3) is 1.88. The summed E-state index contributed by atoms with van der Waals surface area (Å²) in [7, 11) is 0. The van der Waals surface area contributed by atoms with Gasteiger partial charge in [0.2, 0.25) is 0 Å². The van der Waals surface area contributed by atoms with Crippen LogP contribution in [0.5, 0.6) is 0 Å². The Bertz CT molecular complexity index is 392. The molecule has 0 spiro atoms. The molecule has 2 rings (SSSR count). The van der Waals surface area contributed by atoms with Gasteiger partial charge in [0.05, 0.1) is 12.6 Å². The summed E-state index contributed by atoms with van der Waals surface area (Å²) in [5.74, 6) is 0. The van der Waals surface area contributed by atoms with Crippen molar-refractivity contribution in [2.45, 2.75) is 13.0 Å². The average Bonchev–Trinajstić information content (AvgIpc) is 2.62. The van der Waals surface area contributed by atoms with Gasteiger partial charge in [-0.25, -0.2) is 4.79 Å². The average molecular weight is 220 g/mol. The van der Waals surface area contributed by atoms with Gasteiger partial charge in [-0.3, -0.25) is 0 Å². The maximum atomic E-state index is 11.6. The monoisotopic (exact) mass is 220 g/mol. The van der Waals surface area contributed by atoms with Gasteiger partial charge in [-0.1, -0.05) is 24.3 Å². The molecule has 0 saturated carbocycles. The molecule has 1 saturated heterocycles. The minimum atomic E-state index is -0.0951. The number of hydrogen-bond donors (Lipinski definition) is 2. The number of β-amino-alcohol motifs (C(OH)–C–C–N with tert-alkyl or cyclic N) is 1. The molecule has 0 aliphatic carbocycles. The zero-order valence-corrected chi connectivity index (χ0v) is 9.31. The van der Waals surface area contributed by atoms with E-state index < -0.39 is 0 Å². The van der Waals surface area contributed by atoms with Gasteiger partial charge >= 0.3 is 6.03 Å². The van der Waals surface area contributed by atoms with E-state index in [9.17, 15) is 4.79 Å². The molecule has 1 fully saturated rings. The Hall–Kier alpha value is -1.55. The third-order valence-corrected chi connectivity index (χ3v) is 2.97. The molecule has 1 aliphatic heterocycles. The van der Waals surface area contributed by atoms with Crippen LogP contribution < -0.4 is 5.32 Å². The van der Waals surface area contributed by atoms with Crippen LogP contribution >= 0.6 is 0 Å². The van der Waals surface area contributed by atoms with Gasteiger partial charge in [0.25, 0.3) is 0 Å². The minimum Gasteiger partial charge on any atom is -0.395 e. The highest BCUT2D eigenvalue weighted by molar-refractivity contribution is 5.77. The number of aliphatic hydroxyl groups is 1. The van der Waals surface area contributed by atoms with Gasteiger partial charge in [-0.15, -0.1) is 0 Å². The molecule has 86 valence electrons. The second-order valence-electron chi connectivity index (χ2n) is 3.98. The van der Waals surface area contributed by atoms with Crippen LogP contribution in [0.2, 0.25) is 0 Å². The minimum absolute atomic E-state index is 0.00417. The number of amides is 2. The number of carbonyl (C=O) groups is 1. The second-order valence-corrected chi connectivity index (χ2v) is 3.98. The molecule has 1 aromatic rings. The number of nitrogens with one attached hydrogen (secondary N) is 1.